The molecule has 0 spiro atoms. The zero-order valence-electron chi connectivity index (χ0n) is 11.4. The molecule has 0 unspecified atom stereocenters. The molecule has 0 bridgehead atoms. The van der Waals surface area contributed by atoms with E-state index >= 15 is 0 Å². The van der Waals surface area contributed by atoms with Gasteiger partial charge in [-0.1, -0.05) is 48.0 Å². The zero-order chi connectivity index (χ0) is 13.8. The molecule has 0 fully saturated rings. The van der Waals surface area contributed by atoms with Crippen molar-refractivity contribution in [3.63, 3.8) is 0 Å². The van der Waals surface area contributed by atoms with Gasteiger partial charge in [0.2, 0.25) is 0 Å². The minimum Gasteiger partial charge on any atom is -0.316 e. The van der Waals surface area contributed by atoms with Crippen LogP contribution in [0.15, 0.2) is 47.4 Å². The second-order valence-electron chi connectivity index (χ2n) is 5.04. The number of fused-ring (bicyclic) bond motifs is 1. The van der Waals surface area contributed by atoms with E-state index in [9.17, 15) is 0 Å². The second-order valence-corrected chi connectivity index (χ2v) is 6.43. The Bertz CT molecular complexity index is 583. The molecule has 1 N–H and O–H groups in total. The Morgan fingerprint density at radius 1 is 1.00 bits per heavy atom. The summed E-state index contributed by atoms with van der Waals surface area (Å²) in [5.41, 5.74) is 4.25. The van der Waals surface area contributed by atoms with Gasteiger partial charge in [0.25, 0.3) is 0 Å². The van der Waals surface area contributed by atoms with Gasteiger partial charge in [-0.2, -0.15) is 0 Å². The van der Waals surface area contributed by atoms with E-state index in [4.69, 9.17) is 11.6 Å². The van der Waals surface area contributed by atoms with Gasteiger partial charge in [0.15, 0.2) is 0 Å². The van der Waals surface area contributed by atoms with Crippen LogP contribution in [-0.2, 0) is 18.6 Å². The molecule has 0 saturated heterocycles. The Balaban J connectivity index is 1.85. The van der Waals surface area contributed by atoms with Crippen LogP contribution in [0.2, 0.25) is 5.02 Å². The van der Waals surface area contributed by atoms with Crippen molar-refractivity contribution in [1.82, 2.24) is 5.32 Å². The van der Waals surface area contributed by atoms with Gasteiger partial charge >= 0.3 is 0 Å². The maximum absolute atomic E-state index is 6.44. The minimum absolute atomic E-state index is 0.895. The number of thioether (sulfide) groups is 1. The highest BCUT2D eigenvalue weighted by Crippen LogP contribution is 2.35. The van der Waals surface area contributed by atoms with Crippen molar-refractivity contribution in [3.8, 4) is 0 Å². The number of halogens is 1. The first-order chi connectivity index (χ1) is 9.84. The van der Waals surface area contributed by atoms with Crippen molar-refractivity contribution in [2.75, 3.05) is 13.1 Å². The van der Waals surface area contributed by atoms with Crippen LogP contribution >= 0.6 is 23.4 Å². The highest BCUT2D eigenvalue weighted by Gasteiger charge is 2.15. The highest BCUT2D eigenvalue weighted by atomic mass is 35.5. The molecular weight excluding hydrogens is 286 g/mol. The van der Waals surface area contributed by atoms with Gasteiger partial charge in [0, 0.05) is 10.6 Å². The summed E-state index contributed by atoms with van der Waals surface area (Å²) >= 11 is 8.30. The first-order valence-electron chi connectivity index (χ1n) is 7.02. The third-order valence-electron chi connectivity index (χ3n) is 3.66. The lowest BCUT2D eigenvalue weighted by molar-refractivity contribution is 0.709. The molecule has 1 aliphatic heterocycles. The van der Waals surface area contributed by atoms with Crippen LogP contribution in [-0.4, -0.2) is 13.1 Å². The monoisotopic (exact) mass is 303 g/mol. The van der Waals surface area contributed by atoms with E-state index in [1.54, 1.807) is 0 Å². The maximum atomic E-state index is 6.44. The van der Waals surface area contributed by atoms with E-state index in [-0.39, 0.29) is 0 Å². The van der Waals surface area contributed by atoms with Crippen LogP contribution in [0.25, 0.3) is 0 Å². The van der Waals surface area contributed by atoms with Crippen molar-refractivity contribution in [3.05, 3.63) is 64.2 Å². The number of rotatable bonds is 3. The van der Waals surface area contributed by atoms with E-state index in [1.165, 1.54) is 21.6 Å². The standard InChI is InChI=1S/C17H18ClNS/c18-16-7-6-14-8-10-19-11-9-15(14)17(16)20-12-13-4-2-1-3-5-13/h1-7,19H,8-12H2. The topological polar surface area (TPSA) is 12.0 Å². The number of hydrogen-bond acceptors (Lipinski definition) is 2. The average molecular weight is 304 g/mol. The van der Waals surface area contributed by atoms with Gasteiger partial charge in [-0.15, -0.1) is 11.8 Å². The highest BCUT2D eigenvalue weighted by molar-refractivity contribution is 7.98. The summed E-state index contributed by atoms with van der Waals surface area (Å²) in [6, 6.07) is 14.8. The Morgan fingerprint density at radius 2 is 1.80 bits per heavy atom. The normalized spacial score (nSPS) is 14.7. The number of hydrogen-bond donors (Lipinski definition) is 1. The van der Waals surface area contributed by atoms with Crippen LogP contribution in [0.5, 0.6) is 0 Å². The summed E-state index contributed by atoms with van der Waals surface area (Å²) in [7, 11) is 0. The summed E-state index contributed by atoms with van der Waals surface area (Å²) in [5.74, 6) is 0.977. The first-order valence-corrected chi connectivity index (χ1v) is 8.38. The van der Waals surface area contributed by atoms with Gasteiger partial charge in [0.1, 0.15) is 0 Å². The Labute approximate surface area is 129 Å². The van der Waals surface area contributed by atoms with Crippen molar-refractivity contribution < 1.29 is 0 Å². The molecule has 20 heavy (non-hydrogen) atoms. The van der Waals surface area contributed by atoms with E-state index in [2.05, 4.69) is 47.8 Å². The fourth-order valence-corrected chi connectivity index (χ4v) is 4.05. The fraction of sp³-hybridized carbons (Fsp3) is 0.294. The zero-order valence-corrected chi connectivity index (χ0v) is 12.9. The molecule has 0 radical (unpaired) electrons. The molecule has 0 atom stereocenters. The predicted octanol–water partition coefficient (Wildman–Crippen LogP) is 4.32. The van der Waals surface area contributed by atoms with Gasteiger partial charge in [-0.05, 0) is 48.7 Å². The Hall–Kier alpha value is -0.960. The molecule has 3 heteroatoms. The van der Waals surface area contributed by atoms with Crippen molar-refractivity contribution in [2.45, 2.75) is 23.5 Å². The van der Waals surface area contributed by atoms with Crippen LogP contribution in [0.3, 0.4) is 0 Å². The smallest absolute Gasteiger partial charge is 0.0544 e. The molecule has 0 aromatic heterocycles. The molecule has 0 amide bonds. The summed E-state index contributed by atoms with van der Waals surface area (Å²) in [6.45, 7) is 2.11. The third-order valence-corrected chi connectivity index (χ3v) is 5.32. The van der Waals surface area contributed by atoms with E-state index < -0.39 is 0 Å². The minimum atomic E-state index is 0.895. The van der Waals surface area contributed by atoms with Gasteiger partial charge in [-0.3, -0.25) is 0 Å². The van der Waals surface area contributed by atoms with Crippen molar-refractivity contribution >= 4 is 23.4 Å². The molecule has 1 nitrogen and oxygen atoms in total. The molecule has 2 aromatic carbocycles. The summed E-state index contributed by atoms with van der Waals surface area (Å²) in [4.78, 5) is 1.27. The molecule has 0 aliphatic carbocycles. The van der Waals surface area contributed by atoms with Crippen molar-refractivity contribution in [1.29, 1.82) is 0 Å². The Morgan fingerprint density at radius 3 is 2.65 bits per heavy atom. The molecule has 3 rings (SSSR count). The lowest BCUT2D eigenvalue weighted by atomic mass is 10.0. The van der Waals surface area contributed by atoms with Crippen LogP contribution in [0, 0.1) is 0 Å². The summed E-state index contributed by atoms with van der Waals surface area (Å²) in [6.07, 6.45) is 2.18. The van der Waals surface area contributed by atoms with Gasteiger partial charge in [0.05, 0.1) is 5.02 Å². The van der Waals surface area contributed by atoms with Crippen molar-refractivity contribution in [2.24, 2.45) is 0 Å². The summed E-state index contributed by atoms with van der Waals surface area (Å²) < 4.78 is 0. The Kier molecular flexibility index (Phi) is 4.66. The van der Waals surface area contributed by atoms with E-state index in [0.29, 0.717) is 0 Å². The lowest BCUT2D eigenvalue weighted by Crippen LogP contribution is -2.16. The summed E-state index contributed by atoms with van der Waals surface area (Å²) in [5, 5.41) is 4.36. The second kappa shape index (κ2) is 6.66. The van der Waals surface area contributed by atoms with E-state index in [0.717, 1.165) is 36.7 Å². The van der Waals surface area contributed by atoms with Gasteiger partial charge in [-0.25, -0.2) is 0 Å². The SMILES string of the molecule is Clc1ccc2c(c1SCc1ccccc1)CCNCC2. The first kappa shape index (κ1) is 14.0. The molecule has 2 aromatic rings. The van der Waals surface area contributed by atoms with Crippen LogP contribution in [0.4, 0.5) is 0 Å². The van der Waals surface area contributed by atoms with Gasteiger partial charge < -0.3 is 5.32 Å². The van der Waals surface area contributed by atoms with Crippen LogP contribution in [0.1, 0.15) is 16.7 Å². The molecule has 104 valence electrons. The number of nitrogens with one attached hydrogen (secondary N) is 1. The lowest BCUT2D eigenvalue weighted by Gasteiger charge is -2.13. The largest absolute Gasteiger partial charge is 0.316 e. The average Bonchev–Trinajstić information content (AvgIpc) is 2.73. The predicted molar refractivity (Wildman–Crippen MR) is 87.7 cm³/mol. The quantitative estimate of drug-likeness (QED) is 0.848. The maximum Gasteiger partial charge on any atom is 0.0544 e. The third kappa shape index (κ3) is 3.20. The fourth-order valence-electron chi connectivity index (χ4n) is 2.60. The number of benzene rings is 2. The molecule has 1 heterocycles. The molecule has 0 saturated carbocycles. The molecule has 1 aliphatic rings. The van der Waals surface area contributed by atoms with E-state index in [1.807, 2.05) is 11.8 Å². The van der Waals surface area contributed by atoms with Crippen LogP contribution < -0.4 is 5.32 Å². The molecular formula is C17H18ClNS.